The molecule has 7 rings (SSSR count). The van der Waals surface area contributed by atoms with E-state index < -0.39 is 11.0 Å². The van der Waals surface area contributed by atoms with E-state index >= 15 is 0 Å². The van der Waals surface area contributed by atoms with Gasteiger partial charge in [-0.1, -0.05) is 48.5 Å². The van der Waals surface area contributed by atoms with Gasteiger partial charge in [-0.15, -0.1) is 0 Å². The van der Waals surface area contributed by atoms with Gasteiger partial charge in [0.05, 0.1) is 22.6 Å². The van der Waals surface area contributed by atoms with Crippen LogP contribution in [0.1, 0.15) is 22.4 Å². The second kappa shape index (κ2) is 6.45. The molecule has 0 radical (unpaired) electrons. The van der Waals surface area contributed by atoms with Crippen LogP contribution in [0.3, 0.4) is 0 Å². The minimum atomic E-state index is -1.39. The molecule has 2 aliphatic heterocycles. The highest BCUT2D eigenvalue weighted by Crippen LogP contribution is 2.56. The molecule has 2 aromatic heterocycles. The fraction of sp³-hybridized carbons (Fsp3) is 0.0741. The summed E-state index contributed by atoms with van der Waals surface area (Å²) in [5.74, 6) is 0.356. The van der Waals surface area contributed by atoms with E-state index in [1.165, 1.54) is 0 Å². The number of carbonyl (C=O) groups excluding carboxylic acids is 1. The molecule has 0 unspecified atom stereocenters. The lowest BCUT2D eigenvalue weighted by atomic mass is 9.68. The Kier molecular flexibility index (Phi) is 3.58. The number of nitrogens with zero attached hydrogens (tertiary/aromatic N) is 2. The van der Waals surface area contributed by atoms with Crippen molar-refractivity contribution in [3.8, 4) is 5.69 Å². The second-order valence-electron chi connectivity index (χ2n) is 8.57. The van der Waals surface area contributed by atoms with Gasteiger partial charge in [-0.25, -0.2) is 9.48 Å². The van der Waals surface area contributed by atoms with Crippen molar-refractivity contribution in [3.63, 3.8) is 0 Å². The van der Waals surface area contributed by atoms with Crippen LogP contribution in [-0.4, -0.2) is 15.7 Å². The third kappa shape index (κ3) is 2.18. The van der Waals surface area contributed by atoms with Gasteiger partial charge in [0.15, 0.2) is 0 Å². The summed E-state index contributed by atoms with van der Waals surface area (Å²) in [5.41, 5.74) is 2.86. The van der Waals surface area contributed by atoms with Crippen LogP contribution in [0.5, 0.6) is 0 Å². The van der Waals surface area contributed by atoms with Crippen LogP contribution in [0.15, 0.2) is 88.1 Å². The van der Waals surface area contributed by atoms with Crippen molar-refractivity contribution < 1.29 is 9.21 Å². The number of aryl methyl sites for hydroxylation is 1. The van der Waals surface area contributed by atoms with Crippen molar-refractivity contribution in [3.05, 3.63) is 112 Å². The molecule has 0 saturated carbocycles. The van der Waals surface area contributed by atoms with Crippen molar-refractivity contribution in [2.75, 3.05) is 10.6 Å². The summed E-state index contributed by atoms with van der Waals surface area (Å²) in [4.78, 5) is 27.5. The number of nitrogens with one attached hydrogen (secondary N) is 2. The van der Waals surface area contributed by atoms with Crippen molar-refractivity contribution >= 4 is 34.1 Å². The molecule has 7 nitrogen and oxygen atoms in total. The van der Waals surface area contributed by atoms with Crippen LogP contribution in [0, 0.1) is 6.92 Å². The third-order valence-electron chi connectivity index (χ3n) is 6.79. The summed E-state index contributed by atoms with van der Waals surface area (Å²) in [6, 6.07) is 24.5. The molecule has 2 N–H and O–H groups in total. The molecule has 2 aliphatic rings. The van der Waals surface area contributed by atoms with Crippen molar-refractivity contribution in [1.82, 2.24) is 9.78 Å². The first-order valence-corrected chi connectivity index (χ1v) is 11.0. The van der Waals surface area contributed by atoms with Crippen LogP contribution < -0.4 is 16.3 Å². The summed E-state index contributed by atoms with van der Waals surface area (Å²) in [6.07, 6.45) is 0. The van der Waals surface area contributed by atoms with Gasteiger partial charge in [-0.05, 0) is 37.3 Å². The lowest BCUT2D eigenvalue weighted by Crippen LogP contribution is -2.44. The minimum absolute atomic E-state index is 0.275. The van der Waals surface area contributed by atoms with E-state index in [1.807, 2.05) is 79.7 Å². The maximum atomic E-state index is 14.0. The molecule has 1 atom stereocenters. The summed E-state index contributed by atoms with van der Waals surface area (Å²) in [7, 11) is 0. The number of aromatic nitrogens is 2. The summed E-state index contributed by atoms with van der Waals surface area (Å²) < 4.78 is 7.55. The summed E-state index contributed by atoms with van der Waals surface area (Å²) >= 11 is 0. The van der Waals surface area contributed by atoms with Gasteiger partial charge >= 0.3 is 5.63 Å². The monoisotopic (exact) mass is 446 g/mol. The van der Waals surface area contributed by atoms with Gasteiger partial charge in [-0.2, -0.15) is 5.10 Å². The quantitative estimate of drug-likeness (QED) is 0.367. The van der Waals surface area contributed by atoms with E-state index in [0.29, 0.717) is 39.6 Å². The number of fused-ring (bicyclic) bond motifs is 8. The third-order valence-corrected chi connectivity index (χ3v) is 6.79. The van der Waals surface area contributed by atoms with Crippen LogP contribution in [0.25, 0.3) is 16.7 Å². The zero-order valence-electron chi connectivity index (χ0n) is 18.1. The highest BCUT2D eigenvalue weighted by Gasteiger charge is 2.58. The largest absolute Gasteiger partial charge is 0.422 e. The minimum Gasteiger partial charge on any atom is -0.422 e. The lowest BCUT2D eigenvalue weighted by molar-refractivity contribution is -0.118. The lowest BCUT2D eigenvalue weighted by Gasteiger charge is -2.34. The van der Waals surface area contributed by atoms with Gasteiger partial charge in [-0.3, -0.25) is 4.79 Å². The molecule has 0 fully saturated rings. The Hall–Kier alpha value is -4.65. The topological polar surface area (TPSA) is 89.2 Å². The highest BCUT2D eigenvalue weighted by molar-refractivity contribution is 6.15. The Morgan fingerprint density at radius 2 is 1.59 bits per heavy atom. The average Bonchev–Trinajstić information content (AvgIpc) is 3.34. The molecule has 0 aliphatic carbocycles. The molecule has 3 aromatic carbocycles. The highest BCUT2D eigenvalue weighted by atomic mass is 16.4. The van der Waals surface area contributed by atoms with Gasteiger partial charge in [0.1, 0.15) is 16.8 Å². The first-order chi connectivity index (χ1) is 16.6. The van der Waals surface area contributed by atoms with Crippen LogP contribution in [0.2, 0.25) is 0 Å². The van der Waals surface area contributed by atoms with E-state index in [4.69, 9.17) is 9.52 Å². The van der Waals surface area contributed by atoms with E-state index in [0.717, 1.165) is 11.1 Å². The molecule has 5 aromatic rings. The number of amides is 1. The SMILES string of the molecule is Cc1nn(-c2ccccc2)c2c1[C@]1(C(=O)Nc3ccccc31)c1c(c3ccccc3oc1=O)N2. The molecule has 164 valence electrons. The van der Waals surface area contributed by atoms with Crippen LogP contribution in [0.4, 0.5) is 17.2 Å². The van der Waals surface area contributed by atoms with E-state index in [9.17, 15) is 9.59 Å². The van der Waals surface area contributed by atoms with Gasteiger partial charge < -0.3 is 15.1 Å². The zero-order valence-corrected chi connectivity index (χ0v) is 18.1. The molecule has 0 saturated heterocycles. The number of para-hydroxylation sites is 3. The van der Waals surface area contributed by atoms with Gasteiger partial charge in [0.2, 0.25) is 5.91 Å². The fourth-order valence-electron chi connectivity index (χ4n) is 5.47. The summed E-state index contributed by atoms with van der Waals surface area (Å²) in [6.45, 7) is 1.86. The maximum Gasteiger partial charge on any atom is 0.343 e. The molecule has 34 heavy (non-hydrogen) atoms. The van der Waals surface area contributed by atoms with Crippen molar-refractivity contribution in [2.24, 2.45) is 0 Å². The number of hydrogen-bond acceptors (Lipinski definition) is 5. The first-order valence-electron chi connectivity index (χ1n) is 11.0. The van der Waals surface area contributed by atoms with Crippen molar-refractivity contribution in [1.29, 1.82) is 0 Å². The fourth-order valence-corrected chi connectivity index (χ4v) is 5.47. The standard InChI is InChI=1S/C27H18N4O3/c1-15-21-24(31(30-15)16-9-3-2-4-10-16)29-23-17-11-5-8-14-20(17)34-25(32)22(23)27(21)18-12-6-7-13-19(18)28-26(27)33/h2-14,29H,1H3,(H,28,33)/t27-/m0/s1. The summed E-state index contributed by atoms with van der Waals surface area (Å²) in [5, 5.41) is 12.0. The molecular weight excluding hydrogens is 428 g/mol. The normalized spacial score (nSPS) is 17.7. The molecule has 0 bridgehead atoms. The predicted molar refractivity (Wildman–Crippen MR) is 129 cm³/mol. The smallest absolute Gasteiger partial charge is 0.343 e. The van der Waals surface area contributed by atoms with E-state index in [-0.39, 0.29) is 11.5 Å². The predicted octanol–water partition coefficient (Wildman–Crippen LogP) is 4.63. The number of hydrogen-bond donors (Lipinski definition) is 2. The van der Waals surface area contributed by atoms with E-state index in [2.05, 4.69) is 10.6 Å². The van der Waals surface area contributed by atoms with Crippen LogP contribution in [-0.2, 0) is 10.2 Å². The number of carbonyl (C=O) groups is 1. The molecule has 1 spiro atoms. The Bertz CT molecular complexity index is 1720. The maximum absolute atomic E-state index is 14.0. The Morgan fingerprint density at radius 3 is 2.44 bits per heavy atom. The van der Waals surface area contributed by atoms with Gasteiger partial charge in [0, 0.05) is 22.2 Å². The van der Waals surface area contributed by atoms with E-state index in [1.54, 1.807) is 10.7 Å². The first kappa shape index (κ1) is 18.9. The second-order valence-corrected chi connectivity index (χ2v) is 8.57. The Labute approximate surface area is 193 Å². The average molecular weight is 446 g/mol. The van der Waals surface area contributed by atoms with Gasteiger partial charge in [0.25, 0.3) is 0 Å². The molecular formula is C27H18N4O3. The number of anilines is 3. The number of benzene rings is 3. The molecule has 4 heterocycles. The molecule has 1 amide bonds. The van der Waals surface area contributed by atoms with Crippen LogP contribution >= 0.6 is 0 Å². The zero-order chi connectivity index (χ0) is 23.0. The molecule has 7 heteroatoms. The Balaban J connectivity index is 1.69. The Morgan fingerprint density at radius 1 is 0.853 bits per heavy atom. The van der Waals surface area contributed by atoms with Crippen molar-refractivity contribution in [2.45, 2.75) is 12.3 Å². The number of rotatable bonds is 1.